The molecule has 0 saturated heterocycles. The van der Waals surface area contributed by atoms with Crippen LogP contribution in [0.15, 0.2) is 26.8 Å². The molecule has 0 aliphatic rings. The van der Waals surface area contributed by atoms with Crippen LogP contribution in [0.25, 0.3) is 0 Å². The van der Waals surface area contributed by atoms with Crippen LogP contribution in [0.1, 0.15) is 46.2 Å². The van der Waals surface area contributed by atoms with Gasteiger partial charge in [-0.1, -0.05) is 22.9 Å². The lowest BCUT2D eigenvalue weighted by Gasteiger charge is -2.26. The molecule has 0 aromatic heterocycles. The lowest BCUT2D eigenvalue weighted by atomic mass is 9.85. The fraction of sp³-hybridized carbons (Fsp3) is 0.333. The second-order valence-corrected chi connectivity index (χ2v) is 11.2. The molecule has 2 rings (SSSR count). The minimum Gasteiger partial charge on any atom is -0.0876 e. The molecular weight excluding hydrogens is 776 g/mol. The zero-order valence-corrected chi connectivity index (χ0v) is 25.0. The zero-order valence-electron chi connectivity index (χ0n) is 13.9. The van der Waals surface area contributed by atoms with Crippen LogP contribution < -0.4 is 0 Å². The fourth-order valence-electron chi connectivity index (χ4n) is 3.08. The summed E-state index contributed by atoms with van der Waals surface area (Å²) >= 11 is 26.1. The van der Waals surface area contributed by atoms with Crippen LogP contribution in [-0.2, 0) is 5.33 Å². The third-order valence-electron chi connectivity index (χ3n) is 4.66. The summed E-state index contributed by atoms with van der Waals surface area (Å²) < 4.78 is 6.49. The summed E-state index contributed by atoms with van der Waals surface area (Å²) in [5.41, 5.74) is 7.68. The summed E-state index contributed by atoms with van der Waals surface area (Å²) in [6, 6.07) is 0. The molecule has 2 aromatic carbocycles. The minimum absolute atomic E-state index is 0.217. The molecule has 2 aromatic rings. The number of rotatable bonds is 3. The Balaban J connectivity index is 2.85. The van der Waals surface area contributed by atoms with Gasteiger partial charge in [0.05, 0.1) is 0 Å². The monoisotopic (exact) mass is 784 g/mol. The van der Waals surface area contributed by atoms with Crippen LogP contribution in [0, 0.1) is 20.8 Å². The fourth-order valence-corrected chi connectivity index (χ4v) is 8.46. The molecule has 1 unspecified atom stereocenters. The van der Waals surface area contributed by atoms with Crippen molar-refractivity contribution < 1.29 is 0 Å². The average Bonchev–Trinajstić information content (AvgIpc) is 2.57. The Morgan fingerprint density at radius 1 is 0.600 bits per heavy atom. The first-order chi connectivity index (χ1) is 11.6. The van der Waals surface area contributed by atoms with Gasteiger partial charge in [-0.3, -0.25) is 0 Å². The van der Waals surface area contributed by atoms with Gasteiger partial charge in [0, 0.05) is 38.1 Å². The van der Waals surface area contributed by atoms with Crippen molar-refractivity contribution in [3.05, 3.63) is 60.2 Å². The maximum Gasteiger partial charge on any atom is 0.0465 e. The van der Waals surface area contributed by atoms with Gasteiger partial charge < -0.3 is 0 Å². The number of hydrogen-bond donors (Lipinski definition) is 0. The van der Waals surface area contributed by atoms with E-state index < -0.39 is 0 Å². The Morgan fingerprint density at radius 3 is 1.52 bits per heavy atom. The van der Waals surface area contributed by atoms with E-state index in [9.17, 15) is 0 Å². The van der Waals surface area contributed by atoms with E-state index in [2.05, 4.69) is 139 Å². The van der Waals surface area contributed by atoms with Crippen molar-refractivity contribution in [2.75, 3.05) is 0 Å². The van der Waals surface area contributed by atoms with Crippen LogP contribution in [-0.4, -0.2) is 0 Å². The van der Waals surface area contributed by atoms with Gasteiger partial charge in [0.1, 0.15) is 0 Å². The lowest BCUT2D eigenvalue weighted by molar-refractivity contribution is 0.873. The number of hydrogen-bond acceptors (Lipinski definition) is 0. The Hall–Kier alpha value is 1.80. The first kappa shape index (κ1) is 23.1. The molecule has 0 heterocycles. The number of benzene rings is 2. The Morgan fingerprint density at radius 2 is 1.04 bits per heavy atom. The second-order valence-electron chi connectivity index (χ2n) is 5.92. The highest BCUT2D eigenvalue weighted by Gasteiger charge is 2.26. The summed E-state index contributed by atoms with van der Waals surface area (Å²) in [6.45, 7) is 8.79. The van der Waals surface area contributed by atoms with Crippen molar-refractivity contribution >= 4 is 112 Å². The predicted octanol–water partition coefficient (Wildman–Crippen LogP) is 10.2. The molecule has 0 amide bonds. The SMILES string of the molecule is Cc1c(C)c(C(C)c2c(C)c(CBr)c(Br)c(Br)c2Br)c(Br)c(Br)c1Br. The Bertz CT molecular complexity index is 827. The Kier molecular flexibility index (Phi) is 8.39. The molecule has 0 saturated carbocycles. The molecule has 0 spiro atoms. The Labute approximate surface area is 208 Å². The molecule has 0 bridgehead atoms. The molecule has 0 radical (unpaired) electrons. The smallest absolute Gasteiger partial charge is 0.0465 e. The van der Waals surface area contributed by atoms with Gasteiger partial charge in [0.25, 0.3) is 0 Å². The molecular formula is C18H15Br7. The van der Waals surface area contributed by atoms with E-state index in [1.165, 1.54) is 33.4 Å². The highest BCUT2D eigenvalue weighted by molar-refractivity contribution is 9.15. The highest BCUT2D eigenvalue weighted by Crippen LogP contribution is 2.48. The second kappa shape index (κ2) is 9.08. The maximum atomic E-state index is 3.82. The van der Waals surface area contributed by atoms with E-state index in [1.54, 1.807) is 0 Å². The van der Waals surface area contributed by atoms with Gasteiger partial charge in [0.2, 0.25) is 0 Å². The van der Waals surface area contributed by atoms with E-state index >= 15 is 0 Å². The summed E-state index contributed by atoms with van der Waals surface area (Å²) in [5, 5.41) is 0.800. The quantitative estimate of drug-likeness (QED) is 0.215. The van der Waals surface area contributed by atoms with E-state index in [4.69, 9.17) is 0 Å². The minimum atomic E-state index is 0.217. The third-order valence-corrected chi connectivity index (χ3v) is 12.4. The first-order valence-electron chi connectivity index (χ1n) is 7.41. The van der Waals surface area contributed by atoms with Gasteiger partial charge in [-0.05, 0) is 150 Å². The summed E-state index contributed by atoms with van der Waals surface area (Å²) in [4.78, 5) is 0. The number of halogens is 7. The van der Waals surface area contributed by atoms with E-state index in [1.807, 2.05) is 0 Å². The van der Waals surface area contributed by atoms with Crippen LogP contribution in [0.3, 0.4) is 0 Å². The van der Waals surface area contributed by atoms with Crippen molar-refractivity contribution in [2.45, 2.75) is 38.9 Å². The molecule has 0 aliphatic carbocycles. The standard InChI is InChI=1S/C18H15Br7/c1-6-7(2)13(20)17(24)15(22)11(6)9(4)12-8(3)10(5-19)14(21)18(25)16(12)23/h9H,5H2,1-4H3. The topological polar surface area (TPSA) is 0 Å². The molecule has 1 atom stereocenters. The van der Waals surface area contributed by atoms with Crippen LogP contribution in [0.5, 0.6) is 0 Å². The van der Waals surface area contributed by atoms with Gasteiger partial charge >= 0.3 is 0 Å². The molecule has 0 nitrogen and oxygen atoms in total. The molecule has 0 aliphatic heterocycles. The van der Waals surface area contributed by atoms with Crippen molar-refractivity contribution in [2.24, 2.45) is 0 Å². The van der Waals surface area contributed by atoms with E-state index in [0.717, 1.165) is 32.2 Å². The van der Waals surface area contributed by atoms with Crippen molar-refractivity contribution in [1.29, 1.82) is 0 Å². The summed E-state index contributed by atoms with van der Waals surface area (Å²) in [7, 11) is 0. The van der Waals surface area contributed by atoms with Gasteiger partial charge in [-0.15, -0.1) is 0 Å². The molecule has 0 N–H and O–H groups in total. The van der Waals surface area contributed by atoms with E-state index in [0.29, 0.717) is 0 Å². The van der Waals surface area contributed by atoms with Crippen molar-refractivity contribution in [3.8, 4) is 0 Å². The zero-order chi connectivity index (χ0) is 19.2. The van der Waals surface area contributed by atoms with Crippen LogP contribution >= 0.6 is 112 Å². The molecule has 25 heavy (non-hydrogen) atoms. The first-order valence-corrected chi connectivity index (χ1v) is 13.3. The third kappa shape index (κ3) is 4.09. The van der Waals surface area contributed by atoms with Crippen molar-refractivity contribution in [1.82, 2.24) is 0 Å². The normalized spacial score (nSPS) is 12.6. The van der Waals surface area contributed by atoms with Crippen molar-refractivity contribution in [3.63, 3.8) is 0 Å². The molecule has 0 fully saturated rings. The number of alkyl halides is 1. The van der Waals surface area contributed by atoms with Gasteiger partial charge in [0.15, 0.2) is 0 Å². The van der Waals surface area contributed by atoms with Crippen LogP contribution in [0.2, 0.25) is 0 Å². The van der Waals surface area contributed by atoms with Gasteiger partial charge in [-0.2, -0.15) is 0 Å². The summed E-state index contributed by atoms with van der Waals surface area (Å²) in [6.07, 6.45) is 0. The maximum absolute atomic E-state index is 3.82. The van der Waals surface area contributed by atoms with Gasteiger partial charge in [-0.25, -0.2) is 0 Å². The van der Waals surface area contributed by atoms with E-state index in [-0.39, 0.29) is 5.92 Å². The lowest BCUT2D eigenvalue weighted by Crippen LogP contribution is -2.08. The molecule has 7 heteroatoms. The van der Waals surface area contributed by atoms with Crippen LogP contribution in [0.4, 0.5) is 0 Å². The summed E-state index contributed by atoms with van der Waals surface area (Å²) in [5.74, 6) is 0.217. The predicted molar refractivity (Wildman–Crippen MR) is 133 cm³/mol. The average molecular weight is 791 g/mol. The highest BCUT2D eigenvalue weighted by atomic mass is 79.9. The molecule has 136 valence electrons. The largest absolute Gasteiger partial charge is 0.0876 e.